The van der Waals surface area contributed by atoms with E-state index in [1.165, 1.54) is 24.1 Å². The Morgan fingerprint density at radius 1 is 0.895 bits per heavy atom. The second-order valence-electron chi connectivity index (χ2n) is 9.31. The smallest absolute Gasteiger partial charge is 0.264 e. The van der Waals surface area contributed by atoms with E-state index >= 15 is 0 Å². The molecule has 38 heavy (non-hydrogen) atoms. The third-order valence-electron chi connectivity index (χ3n) is 6.17. The van der Waals surface area contributed by atoms with Crippen LogP contribution in [0, 0.1) is 6.92 Å². The Bertz CT molecular complexity index is 1340. The van der Waals surface area contributed by atoms with Crippen molar-refractivity contribution >= 4 is 27.5 Å². The molecule has 0 aliphatic carbocycles. The second-order valence-corrected chi connectivity index (χ2v) is 11.2. The predicted molar refractivity (Wildman–Crippen MR) is 148 cm³/mol. The lowest BCUT2D eigenvalue weighted by Crippen LogP contribution is -2.52. The maximum atomic E-state index is 13.9. The number of hydrogen-bond donors (Lipinski definition) is 1. The van der Waals surface area contributed by atoms with Crippen molar-refractivity contribution in [1.29, 1.82) is 0 Å². The van der Waals surface area contributed by atoms with Gasteiger partial charge in [0, 0.05) is 12.6 Å². The molecule has 0 unspecified atom stereocenters. The largest absolute Gasteiger partial charge is 0.497 e. The van der Waals surface area contributed by atoms with Gasteiger partial charge in [-0.2, -0.15) is 0 Å². The highest BCUT2D eigenvalue weighted by molar-refractivity contribution is 7.92. The summed E-state index contributed by atoms with van der Waals surface area (Å²) in [5.74, 6) is -0.267. The van der Waals surface area contributed by atoms with E-state index in [2.05, 4.69) is 5.32 Å². The van der Waals surface area contributed by atoms with Crippen molar-refractivity contribution in [2.24, 2.45) is 0 Å². The van der Waals surface area contributed by atoms with Crippen LogP contribution in [0.1, 0.15) is 31.9 Å². The molecule has 0 fully saturated rings. The predicted octanol–water partition coefficient (Wildman–Crippen LogP) is 4.14. The number of ether oxygens (including phenoxy) is 1. The number of rotatable bonds is 11. The highest BCUT2D eigenvalue weighted by Crippen LogP contribution is 2.26. The van der Waals surface area contributed by atoms with E-state index < -0.39 is 28.5 Å². The Balaban J connectivity index is 2.03. The normalized spacial score (nSPS) is 12.1. The Morgan fingerprint density at radius 3 is 2.08 bits per heavy atom. The van der Waals surface area contributed by atoms with E-state index in [1.807, 2.05) is 45.0 Å². The summed E-state index contributed by atoms with van der Waals surface area (Å²) >= 11 is 0. The van der Waals surface area contributed by atoms with Crippen LogP contribution < -0.4 is 14.4 Å². The quantitative estimate of drug-likeness (QED) is 0.397. The second kappa shape index (κ2) is 12.6. The standard InChI is InChI=1S/C29H35N3O5S/c1-21(2)30-29(34)23(4)31(19-24-12-10-9-11-22(24)3)28(33)20-32(25-15-17-26(37-5)18-16-25)38(35,36)27-13-7-6-8-14-27/h6-18,21,23H,19-20H2,1-5H3,(H,30,34)/t23-/m1/s1. The third kappa shape index (κ3) is 6.92. The average molecular weight is 538 g/mol. The van der Waals surface area contributed by atoms with Crippen molar-refractivity contribution in [3.05, 3.63) is 90.0 Å². The molecule has 0 aliphatic rings. The van der Waals surface area contributed by atoms with E-state index in [0.29, 0.717) is 11.4 Å². The minimum atomic E-state index is -4.10. The van der Waals surface area contributed by atoms with Crippen molar-refractivity contribution < 1.29 is 22.7 Å². The fourth-order valence-electron chi connectivity index (χ4n) is 3.96. The Hall–Kier alpha value is -3.85. The number of carbonyl (C=O) groups is 2. The van der Waals surface area contributed by atoms with Gasteiger partial charge in [-0.1, -0.05) is 42.5 Å². The summed E-state index contributed by atoms with van der Waals surface area (Å²) in [5.41, 5.74) is 2.13. The van der Waals surface area contributed by atoms with E-state index in [0.717, 1.165) is 15.4 Å². The summed E-state index contributed by atoms with van der Waals surface area (Å²) in [4.78, 5) is 28.3. The van der Waals surface area contributed by atoms with E-state index in [4.69, 9.17) is 4.74 Å². The highest BCUT2D eigenvalue weighted by Gasteiger charge is 2.32. The van der Waals surface area contributed by atoms with Gasteiger partial charge in [0.25, 0.3) is 10.0 Å². The maximum Gasteiger partial charge on any atom is 0.264 e. The molecule has 3 rings (SSSR count). The molecule has 9 heteroatoms. The number of amides is 2. The number of anilines is 1. The number of sulfonamides is 1. The van der Waals surface area contributed by atoms with Gasteiger partial charge in [0.1, 0.15) is 18.3 Å². The van der Waals surface area contributed by atoms with Gasteiger partial charge < -0.3 is 15.0 Å². The third-order valence-corrected chi connectivity index (χ3v) is 7.96. The first-order chi connectivity index (χ1) is 18.0. The van der Waals surface area contributed by atoms with Crippen LogP contribution in [0.3, 0.4) is 0 Å². The zero-order valence-corrected chi connectivity index (χ0v) is 23.2. The summed E-state index contributed by atoms with van der Waals surface area (Å²) < 4.78 is 33.8. The SMILES string of the molecule is COc1ccc(N(CC(=O)N(Cc2ccccc2C)[C@H](C)C(=O)NC(C)C)S(=O)(=O)c2ccccc2)cc1. The molecule has 0 aliphatic heterocycles. The van der Waals surface area contributed by atoms with Crippen LogP contribution in [0.4, 0.5) is 5.69 Å². The molecule has 202 valence electrons. The van der Waals surface area contributed by atoms with Crippen LogP contribution in [0.5, 0.6) is 5.75 Å². The molecule has 0 heterocycles. The van der Waals surface area contributed by atoms with Crippen molar-refractivity contribution in [3.63, 3.8) is 0 Å². The van der Waals surface area contributed by atoms with Crippen molar-refractivity contribution in [2.45, 2.75) is 51.2 Å². The molecule has 1 N–H and O–H groups in total. The zero-order valence-electron chi connectivity index (χ0n) is 22.4. The minimum absolute atomic E-state index is 0.0553. The molecule has 1 atom stereocenters. The summed E-state index contributed by atoms with van der Waals surface area (Å²) in [6.07, 6.45) is 0. The van der Waals surface area contributed by atoms with Crippen LogP contribution in [-0.4, -0.2) is 50.9 Å². The molecule has 8 nitrogen and oxygen atoms in total. The number of nitrogens with one attached hydrogen (secondary N) is 1. The van der Waals surface area contributed by atoms with Crippen LogP contribution in [0.25, 0.3) is 0 Å². The fraction of sp³-hybridized carbons (Fsp3) is 0.310. The summed E-state index contributed by atoms with van der Waals surface area (Å²) in [7, 11) is -2.59. The van der Waals surface area contributed by atoms with Gasteiger partial charge in [0.2, 0.25) is 11.8 Å². The molecule has 0 saturated heterocycles. The van der Waals surface area contributed by atoms with Crippen LogP contribution in [-0.2, 0) is 26.2 Å². The van der Waals surface area contributed by atoms with E-state index in [9.17, 15) is 18.0 Å². The van der Waals surface area contributed by atoms with Crippen LogP contribution in [0.2, 0.25) is 0 Å². The first kappa shape index (κ1) is 28.7. The number of benzene rings is 3. The fourth-order valence-corrected chi connectivity index (χ4v) is 5.39. The topological polar surface area (TPSA) is 96.0 Å². The molecule has 0 radical (unpaired) electrons. The van der Waals surface area contributed by atoms with Crippen LogP contribution >= 0.6 is 0 Å². The van der Waals surface area contributed by atoms with Crippen molar-refractivity contribution in [2.75, 3.05) is 18.0 Å². The molecule has 0 saturated carbocycles. The molecule has 3 aromatic rings. The van der Waals surface area contributed by atoms with Gasteiger partial charge in [0.05, 0.1) is 17.7 Å². The van der Waals surface area contributed by atoms with Crippen molar-refractivity contribution in [3.8, 4) is 5.75 Å². The zero-order chi connectivity index (χ0) is 27.9. The number of nitrogens with zero attached hydrogens (tertiary/aromatic N) is 2. The number of carbonyl (C=O) groups excluding carboxylic acids is 2. The molecule has 0 spiro atoms. The van der Waals surface area contributed by atoms with Gasteiger partial charge in [0.15, 0.2) is 0 Å². The van der Waals surface area contributed by atoms with Gasteiger partial charge >= 0.3 is 0 Å². The van der Waals surface area contributed by atoms with E-state index in [1.54, 1.807) is 49.4 Å². The first-order valence-electron chi connectivity index (χ1n) is 12.4. The van der Waals surface area contributed by atoms with Gasteiger partial charge in [-0.25, -0.2) is 8.42 Å². The average Bonchev–Trinajstić information content (AvgIpc) is 2.91. The lowest BCUT2D eigenvalue weighted by molar-refractivity contribution is -0.139. The minimum Gasteiger partial charge on any atom is -0.497 e. The number of hydrogen-bond acceptors (Lipinski definition) is 5. The summed E-state index contributed by atoms with van der Waals surface area (Å²) in [6.45, 7) is 6.93. The Labute approximate surface area is 225 Å². The van der Waals surface area contributed by atoms with Gasteiger partial charge in [-0.05, 0) is 75.2 Å². The molecule has 3 aromatic carbocycles. The lowest BCUT2D eigenvalue weighted by Gasteiger charge is -2.32. The molecule has 0 aromatic heterocycles. The summed E-state index contributed by atoms with van der Waals surface area (Å²) in [6, 6.07) is 21.1. The number of methoxy groups -OCH3 is 1. The lowest BCUT2D eigenvalue weighted by atomic mass is 10.1. The first-order valence-corrected chi connectivity index (χ1v) is 13.8. The Kier molecular flexibility index (Phi) is 9.52. The Morgan fingerprint density at radius 2 is 1.50 bits per heavy atom. The molecule has 0 bridgehead atoms. The highest BCUT2D eigenvalue weighted by atomic mass is 32.2. The number of aryl methyl sites for hydroxylation is 1. The van der Waals surface area contributed by atoms with Crippen molar-refractivity contribution in [1.82, 2.24) is 10.2 Å². The summed E-state index contributed by atoms with van der Waals surface area (Å²) in [5, 5.41) is 2.85. The van der Waals surface area contributed by atoms with Crippen LogP contribution in [0.15, 0.2) is 83.8 Å². The maximum absolute atomic E-state index is 13.9. The van der Waals surface area contributed by atoms with E-state index in [-0.39, 0.29) is 23.4 Å². The van der Waals surface area contributed by atoms with Gasteiger partial charge in [-0.15, -0.1) is 0 Å². The molecular formula is C29H35N3O5S. The molecule has 2 amide bonds. The van der Waals surface area contributed by atoms with Gasteiger partial charge in [-0.3, -0.25) is 13.9 Å². The monoisotopic (exact) mass is 537 g/mol. The molecular weight excluding hydrogens is 502 g/mol.